The maximum Gasteiger partial charge on any atom is 0.229 e. The van der Waals surface area contributed by atoms with Gasteiger partial charge in [0.25, 0.3) is 0 Å². The average Bonchev–Trinajstić information content (AvgIpc) is 3.00. The number of nitrogens with two attached hydrogens (primary N) is 1. The summed E-state index contributed by atoms with van der Waals surface area (Å²) in [6.07, 6.45) is 3.94. The van der Waals surface area contributed by atoms with E-state index in [-0.39, 0.29) is 6.04 Å². The van der Waals surface area contributed by atoms with Crippen molar-refractivity contribution in [2.24, 2.45) is 5.73 Å². The smallest absolute Gasteiger partial charge is 0.229 e. The fourth-order valence-corrected chi connectivity index (χ4v) is 2.68. The Labute approximate surface area is 118 Å². The Kier molecular flexibility index (Phi) is 5.10. The van der Waals surface area contributed by atoms with Crippen LogP contribution < -0.4 is 5.73 Å². The molecule has 2 atom stereocenters. The average molecular weight is 279 g/mol. The summed E-state index contributed by atoms with van der Waals surface area (Å²) in [5.41, 5.74) is 5.75. The minimum absolute atomic E-state index is 0.268. The lowest BCUT2D eigenvalue weighted by atomic mass is 10.0. The topological polar surface area (TPSA) is 64.9 Å². The first kappa shape index (κ1) is 14.2. The SMILES string of the molecule is CC(N)CCCC(C)c1nc(Cc2cccs2)no1. The van der Waals surface area contributed by atoms with Gasteiger partial charge in [0.05, 0.1) is 0 Å². The lowest BCUT2D eigenvalue weighted by Crippen LogP contribution is -2.14. The summed E-state index contributed by atoms with van der Waals surface area (Å²) < 4.78 is 5.35. The van der Waals surface area contributed by atoms with Gasteiger partial charge in [0, 0.05) is 23.3 Å². The molecule has 2 rings (SSSR count). The molecule has 0 aliphatic heterocycles. The molecule has 2 N–H and O–H groups in total. The summed E-state index contributed by atoms with van der Waals surface area (Å²) >= 11 is 1.72. The molecule has 0 aliphatic carbocycles. The highest BCUT2D eigenvalue weighted by atomic mass is 32.1. The molecule has 2 heterocycles. The predicted molar refractivity (Wildman–Crippen MR) is 77.3 cm³/mol. The molecule has 4 nitrogen and oxygen atoms in total. The quantitative estimate of drug-likeness (QED) is 0.844. The number of thiophene rings is 1. The minimum atomic E-state index is 0.268. The van der Waals surface area contributed by atoms with Gasteiger partial charge in [0.2, 0.25) is 5.89 Å². The Balaban J connectivity index is 1.85. The molecule has 0 spiro atoms. The monoisotopic (exact) mass is 279 g/mol. The lowest BCUT2D eigenvalue weighted by molar-refractivity contribution is 0.346. The van der Waals surface area contributed by atoms with Gasteiger partial charge in [0.15, 0.2) is 5.82 Å². The molecule has 0 fully saturated rings. The number of hydrogen-bond donors (Lipinski definition) is 1. The van der Waals surface area contributed by atoms with Crippen LogP contribution in [0.5, 0.6) is 0 Å². The Morgan fingerprint density at radius 2 is 2.21 bits per heavy atom. The van der Waals surface area contributed by atoms with Crippen molar-refractivity contribution in [3.05, 3.63) is 34.1 Å². The second kappa shape index (κ2) is 6.82. The van der Waals surface area contributed by atoms with Crippen LogP contribution in [-0.4, -0.2) is 16.2 Å². The van der Waals surface area contributed by atoms with Gasteiger partial charge < -0.3 is 10.3 Å². The molecular formula is C14H21N3OS. The van der Waals surface area contributed by atoms with Gasteiger partial charge in [-0.1, -0.05) is 24.6 Å². The molecule has 0 amide bonds. The van der Waals surface area contributed by atoms with E-state index in [0.717, 1.165) is 37.4 Å². The summed E-state index contributed by atoms with van der Waals surface area (Å²) in [6.45, 7) is 4.17. The summed E-state index contributed by atoms with van der Waals surface area (Å²) in [4.78, 5) is 5.74. The van der Waals surface area contributed by atoms with Crippen LogP contribution in [0, 0.1) is 0 Å². The van der Waals surface area contributed by atoms with E-state index in [1.165, 1.54) is 4.88 Å². The zero-order chi connectivity index (χ0) is 13.7. The zero-order valence-electron chi connectivity index (χ0n) is 11.5. The highest BCUT2D eigenvalue weighted by Crippen LogP contribution is 2.21. The van der Waals surface area contributed by atoms with Crippen LogP contribution in [0.2, 0.25) is 0 Å². The van der Waals surface area contributed by atoms with Crippen molar-refractivity contribution >= 4 is 11.3 Å². The van der Waals surface area contributed by atoms with Crippen LogP contribution >= 0.6 is 11.3 Å². The maximum absolute atomic E-state index is 5.75. The molecule has 0 aliphatic rings. The number of nitrogens with zero attached hydrogens (tertiary/aromatic N) is 2. The Morgan fingerprint density at radius 1 is 1.37 bits per heavy atom. The molecule has 0 bridgehead atoms. The number of aromatic nitrogens is 2. The summed E-state index contributed by atoms with van der Waals surface area (Å²) in [5, 5.41) is 6.11. The number of hydrogen-bond acceptors (Lipinski definition) is 5. The Morgan fingerprint density at radius 3 is 2.89 bits per heavy atom. The first-order valence-electron chi connectivity index (χ1n) is 6.75. The molecule has 2 aromatic rings. The first-order chi connectivity index (χ1) is 9.15. The fraction of sp³-hybridized carbons (Fsp3) is 0.571. The Hall–Kier alpha value is -1.20. The lowest BCUT2D eigenvalue weighted by Gasteiger charge is -2.07. The Bertz CT molecular complexity index is 479. The van der Waals surface area contributed by atoms with Crippen molar-refractivity contribution in [2.75, 3.05) is 0 Å². The summed E-state index contributed by atoms with van der Waals surface area (Å²) in [5.74, 6) is 1.83. The zero-order valence-corrected chi connectivity index (χ0v) is 12.3. The van der Waals surface area contributed by atoms with Crippen molar-refractivity contribution in [1.82, 2.24) is 10.1 Å². The van der Waals surface area contributed by atoms with E-state index < -0.39 is 0 Å². The highest BCUT2D eigenvalue weighted by Gasteiger charge is 2.14. The largest absolute Gasteiger partial charge is 0.339 e. The van der Waals surface area contributed by atoms with Crippen molar-refractivity contribution < 1.29 is 4.52 Å². The van der Waals surface area contributed by atoms with Crippen molar-refractivity contribution in [2.45, 2.75) is 51.5 Å². The van der Waals surface area contributed by atoms with Gasteiger partial charge >= 0.3 is 0 Å². The second-order valence-corrected chi connectivity index (χ2v) is 6.15. The molecule has 0 saturated heterocycles. The van der Waals surface area contributed by atoms with Gasteiger partial charge in [-0.3, -0.25) is 0 Å². The van der Waals surface area contributed by atoms with E-state index >= 15 is 0 Å². The first-order valence-corrected chi connectivity index (χ1v) is 7.63. The molecule has 5 heteroatoms. The van der Waals surface area contributed by atoms with Gasteiger partial charge in [-0.05, 0) is 31.2 Å². The third-order valence-electron chi connectivity index (χ3n) is 3.11. The minimum Gasteiger partial charge on any atom is -0.339 e. The van der Waals surface area contributed by atoms with E-state index in [9.17, 15) is 0 Å². The van der Waals surface area contributed by atoms with Gasteiger partial charge in [-0.25, -0.2) is 0 Å². The third-order valence-corrected chi connectivity index (χ3v) is 3.99. The molecule has 2 aromatic heterocycles. The molecule has 104 valence electrons. The number of rotatable bonds is 7. The van der Waals surface area contributed by atoms with Crippen LogP contribution in [0.15, 0.2) is 22.0 Å². The maximum atomic E-state index is 5.75. The molecule has 0 radical (unpaired) electrons. The van der Waals surface area contributed by atoms with Crippen molar-refractivity contribution in [1.29, 1.82) is 0 Å². The molecule has 0 aromatic carbocycles. The van der Waals surface area contributed by atoms with E-state index in [2.05, 4.69) is 28.5 Å². The summed E-state index contributed by atoms with van der Waals surface area (Å²) in [6, 6.07) is 4.40. The van der Waals surface area contributed by atoms with Crippen molar-refractivity contribution in [3.63, 3.8) is 0 Å². The van der Waals surface area contributed by atoms with Crippen LogP contribution in [0.3, 0.4) is 0 Å². The van der Waals surface area contributed by atoms with E-state index in [1.54, 1.807) is 11.3 Å². The van der Waals surface area contributed by atoms with Crippen molar-refractivity contribution in [3.8, 4) is 0 Å². The normalized spacial score (nSPS) is 14.5. The predicted octanol–water partition coefficient (Wildman–Crippen LogP) is 3.34. The third kappa shape index (κ3) is 4.44. The van der Waals surface area contributed by atoms with Gasteiger partial charge in [-0.15, -0.1) is 11.3 Å². The molecule has 19 heavy (non-hydrogen) atoms. The fourth-order valence-electron chi connectivity index (χ4n) is 1.98. The summed E-state index contributed by atoms with van der Waals surface area (Å²) in [7, 11) is 0. The van der Waals surface area contributed by atoms with Crippen LogP contribution in [-0.2, 0) is 6.42 Å². The van der Waals surface area contributed by atoms with Gasteiger partial charge in [0.1, 0.15) is 0 Å². The van der Waals surface area contributed by atoms with Crippen LogP contribution in [0.1, 0.15) is 55.6 Å². The van der Waals surface area contributed by atoms with Gasteiger partial charge in [-0.2, -0.15) is 4.98 Å². The molecular weight excluding hydrogens is 258 g/mol. The second-order valence-electron chi connectivity index (χ2n) is 5.11. The molecule has 0 saturated carbocycles. The standard InChI is InChI=1S/C14H21N3OS/c1-10(5-3-6-11(2)15)14-16-13(17-18-14)9-12-7-4-8-19-12/h4,7-8,10-11H,3,5-6,9,15H2,1-2H3. The van der Waals surface area contributed by atoms with Crippen LogP contribution in [0.4, 0.5) is 0 Å². The van der Waals surface area contributed by atoms with E-state index in [1.807, 2.05) is 13.0 Å². The van der Waals surface area contributed by atoms with E-state index in [4.69, 9.17) is 10.3 Å². The highest BCUT2D eigenvalue weighted by molar-refractivity contribution is 7.09. The van der Waals surface area contributed by atoms with E-state index in [0.29, 0.717) is 5.92 Å². The van der Waals surface area contributed by atoms with Crippen LogP contribution in [0.25, 0.3) is 0 Å². The molecule has 2 unspecified atom stereocenters.